The smallest absolute Gasteiger partial charge is 0.0795 e. The third-order valence-electron chi connectivity index (χ3n) is 1.99. The van der Waals surface area contributed by atoms with Crippen LogP contribution in [-0.2, 0) is 0 Å². The summed E-state index contributed by atoms with van der Waals surface area (Å²) in [7, 11) is 0. The van der Waals surface area contributed by atoms with Gasteiger partial charge in [0.15, 0.2) is 0 Å². The maximum atomic E-state index is 9.52. The van der Waals surface area contributed by atoms with E-state index in [0.717, 1.165) is 24.8 Å². The summed E-state index contributed by atoms with van der Waals surface area (Å²) in [5.41, 5.74) is 4.41. The molecule has 0 saturated heterocycles. The zero-order chi connectivity index (χ0) is 11.2. The van der Waals surface area contributed by atoms with Gasteiger partial charge in [-0.3, -0.25) is 0 Å². The first-order valence-electron chi connectivity index (χ1n) is 5.51. The van der Waals surface area contributed by atoms with Crippen molar-refractivity contribution in [1.82, 2.24) is 0 Å². The van der Waals surface area contributed by atoms with Crippen LogP contribution in [0.5, 0.6) is 0 Å². The standard InChI is InChI=1S/C13H24O/c1-6-7-8-12(11(2)14)9-10-13(3,4)5/h10-11,14H,6-8H2,1-5H3/t9?,11-/m0/s1. The fourth-order valence-corrected chi connectivity index (χ4v) is 1.08. The minimum absolute atomic E-state index is 0.145. The molecule has 0 bridgehead atoms. The van der Waals surface area contributed by atoms with Crippen LogP contribution < -0.4 is 0 Å². The zero-order valence-electron chi connectivity index (χ0n) is 10.2. The third-order valence-corrected chi connectivity index (χ3v) is 1.99. The van der Waals surface area contributed by atoms with Crippen molar-refractivity contribution in [2.45, 2.75) is 60.0 Å². The average molecular weight is 196 g/mol. The largest absolute Gasteiger partial charge is 0.388 e. The van der Waals surface area contributed by atoms with Crippen LogP contribution in [0.2, 0.25) is 0 Å². The van der Waals surface area contributed by atoms with E-state index < -0.39 is 0 Å². The number of rotatable bonds is 4. The Morgan fingerprint density at radius 2 is 2.00 bits per heavy atom. The number of aliphatic hydroxyl groups is 1. The van der Waals surface area contributed by atoms with Gasteiger partial charge in [-0.2, -0.15) is 0 Å². The molecule has 0 rings (SSSR count). The average Bonchev–Trinajstić information content (AvgIpc) is 2.01. The van der Waals surface area contributed by atoms with Crippen LogP contribution >= 0.6 is 0 Å². The molecule has 0 aliphatic rings. The quantitative estimate of drug-likeness (QED) is 0.680. The first kappa shape index (κ1) is 13.5. The summed E-state index contributed by atoms with van der Waals surface area (Å²) in [4.78, 5) is 0. The monoisotopic (exact) mass is 196 g/mol. The van der Waals surface area contributed by atoms with Crippen LogP contribution in [0.3, 0.4) is 0 Å². The molecular weight excluding hydrogens is 172 g/mol. The molecule has 0 aliphatic carbocycles. The Morgan fingerprint density at radius 3 is 2.36 bits per heavy atom. The van der Waals surface area contributed by atoms with Crippen molar-refractivity contribution < 1.29 is 5.11 Å². The van der Waals surface area contributed by atoms with E-state index in [1.165, 1.54) is 0 Å². The van der Waals surface area contributed by atoms with E-state index in [1.807, 2.05) is 13.0 Å². The highest BCUT2D eigenvalue weighted by Crippen LogP contribution is 2.16. The molecule has 0 unspecified atom stereocenters. The summed E-state index contributed by atoms with van der Waals surface area (Å²) in [6, 6.07) is 0. The van der Waals surface area contributed by atoms with Gasteiger partial charge in [-0.1, -0.05) is 34.1 Å². The Kier molecular flexibility index (Phi) is 5.83. The van der Waals surface area contributed by atoms with Crippen molar-refractivity contribution in [1.29, 1.82) is 0 Å². The summed E-state index contributed by atoms with van der Waals surface area (Å²) in [6.07, 6.45) is 4.93. The van der Waals surface area contributed by atoms with Crippen molar-refractivity contribution in [3.05, 3.63) is 17.4 Å². The molecule has 1 nitrogen and oxygen atoms in total. The minimum Gasteiger partial charge on any atom is -0.388 e. The fraction of sp³-hybridized carbons (Fsp3) is 0.769. The van der Waals surface area contributed by atoms with Crippen molar-refractivity contribution >= 4 is 0 Å². The lowest BCUT2D eigenvalue weighted by molar-refractivity contribution is 0.226. The summed E-state index contributed by atoms with van der Waals surface area (Å²) in [6.45, 7) is 10.4. The molecule has 14 heavy (non-hydrogen) atoms. The second-order valence-corrected chi connectivity index (χ2v) is 4.96. The van der Waals surface area contributed by atoms with Gasteiger partial charge in [0, 0.05) is 0 Å². The summed E-state index contributed by atoms with van der Waals surface area (Å²) in [5.74, 6) is 0. The second-order valence-electron chi connectivity index (χ2n) is 4.96. The van der Waals surface area contributed by atoms with Crippen LogP contribution in [0, 0.1) is 5.41 Å². The lowest BCUT2D eigenvalue weighted by Gasteiger charge is -2.11. The van der Waals surface area contributed by atoms with Gasteiger partial charge in [0.05, 0.1) is 6.10 Å². The molecule has 0 fully saturated rings. The second kappa shape index (κ2) is 6.06. The van der Waals surface area contributed by atoms with Gasteiger partial charge in [0.1, 0.15) is 0 Å². The van der Waals surface area contributed by atoms with Crippen LogP contribution in [-0.4, -0.2) is 11.2 Å². The van der Waals surface area contributed by atoms with Gasteiger partial charge in [0.25, 0.3) is 0 Å². The number of hydrogen-bond donors (Lipinski definition) is 1. The first-order valence-corrected chi connectivity index (χ1v) is 5.51. The highest BCUT2D eigenvalue weighted by Gasteiger charge is 2.06. The molecule has 0 aromatic rings. The lowest BCUT2D eigenvalue weighted by Crippen LogP contribution is -2.04. The van der Waals surface area contributed by atoms with E-state index in [2.05, 4.69) is 33.4 Å². The molecule has 0 heterocycles. The molecule has 0 amide bonds. The van der Waals surface area contributed by atoms with E-state index in [1.54, 1.807) is 0 Å². The van der Waals surface area contributed by atoms with Crippen molar-refractivity contribution in [2.75, 3.05) is 0 Å². The maximum absolute atomic E-state index is 9.52. The maximum Gasteiger partial charge on any atom is 0.0795 e. The molecule has 0 saturated carbocycles. The first-order chi connectivity index (χ1) is 6.37. The lowest BCUT2D eigenvalue weighted by atomic mass is 9.95. The van der Waals surface area contributed by atoms with E-state index in [9.17, 15) is 5.11 Å². The molecule has 1 atom stereocenters. The highest BCUT2D eigenvalue weighted by molar-refractivity contribution is 5.08. The molecule has 82 valence electrons. The predicted octanol–water partition coefficient (Wildman–Crippen LogP) is 3.69. The van der Waals surface area contributed by atoms with Crippen LogP contribution in [0.15, 0.2) is 17.4 Å². The Balaban J connectivity index is 4.56. The van der Waals surface area contributed by atoms with Crippen molar-refractivity contribution in [3.63, 3.8) is 0 Å². The number of unbranched alkanes of at least 4 members (excludes halogenated alkanes) is 1. The number of hydrogen-bond acceptors (Lipinski definition) is 1. The van der Waals surface area contributed by atoms with Crippen LogP contribution in [0.25, 0.3) is 0 Å². The van der Waals surface area contributed by atoms with Gasteiger partial charge in [-0.15, -0.1) is 5.73 Å². The highest BCUT2D eigenvalue weighted by atomic mass is 16.3. The molecular formula is C13H24O. The Labute approximate surface area is 88.5 Å². The summed E-state index contributed by atoms with van der Waals surface area (Å²) >= 11 is 0. The third kappa shape index (κ3) is 6.94. The zero-order valence-corrected chi connectivity index (χ0v) is 10.2. The minimum atomic E-state index is -0.361. The predicted molar refractivity (Wildman–Crippen MR) is 62.3 cm³/mol. The Morgan fingerprint density at radius 1 is 1.43 bits per heavy atom. The van der Waals surface area contributed by atoms with E-state index in [-0.39, 0.29) is 11.5 Å². The molecule has 1 N–H and O–H groups in total. The molecule has 1 heteroatoms. The fourth-order valence-electron chi connectivity index (χ4n) is 1.08. The SMILES string of the molecule is CCCCC(=C=CC(C)(C)C)[C@H](C)O. The normalized spacial score (nSPS) is 13.3. The van der Waals surface area contributed by atoms with Crippen molar-refractivity contribution in [2.24, 2.45) is 5.41 Å². The van der Waals surface area contributed by atoms with Gasteiger partial charge >= 0.3 is 0 Å². The molecule has 0 aromatic heterocycles. The summed E-state index contributed by atoms with van der Waals surface area (Å²) < 4.78 is 0. The molecule has 0 aliphatic heterocycles. The van der Waals surface area contributed by atoms with E-state index in [4.69, 9.17) is 0 Å². The van der Waals surface area contributed by atoms with Gasteiger partial charge in [-0.25, -0.2) is 0 Å². The summed E-state index contributed by atoms with van der Waals surface area (Å²) in [5, 5.41) is 9.52. The van der Waals surface area contributed by atoms with Crippen molar-refractivity contribution in [3.8, 4) is 0 Å². The van der Waals surface area contributed by atoms with Crippen LogP contribution in [0.4, 0.5) is 0 Å². The topological polar surface area (TPSA) is 20.2 Å². The van der Waals surface area contributed by atoms with E-state index in [0.29, 0.717) is 0 Å². The van der Waals surface area contributed by atoms with Gasteiger partial charge in [0.2, 0.25) is 0 Å². The number of aliphatic hydroxyl groups excluding tert-OH is 1. The van der Waals surface area contributed by atoms with E-state index >= 15 is 0 Å². The molecule has 0 spiro atoms. The van der Waals surface area contributed by atoms with Crippen LogP contribution in [0.1, 0.15) is 53.9 Å². The Bertz CT molecular complexity index is 212. The van der Waals surface area contributed by atoms with Gasteiger partial charge in [-0.05, 0) is 36.8 Å². The Hall–Kier alpha value is -0.520. The molecule has 0 aromatic carbocycles. The van der Waals surface area contributed by atoms with Gasteiger partial charge < -0.3 is 5.11 Å². The molecule has 0 radical (unpaired) electrons.